The van der Waals surface area contributed by atoms with Gasteiger partial charge in [-0.25, -0.2) is 8.42 Å². The van der Waals surface area contributed by atoms with Gasteiger partial charge in [0.15, 0.2) is 0 Å². The number of fused-ring (bicyclic) bond motifs is 1. The fourth-order valence-corrected chi connectivity index (χ4v) is 6.07. The van der Waals surface area contributed by atoms with Crippen LogP contribution in [0.25, 0.3) is 22.1 Å². The summed E-state index contributed by atoms with van der Waals surface area (Å²) in [5.74, 6) is 0.000171. The van der Waals surface area contributed by atoms with E-state index in [0.717, 1.165) is 22.1 Å². The Kier molecular flexibility index (Phi) is 5.31. The minimum atomic E-state index is -3.59. The highest BCUT2D eigenvalue weighted by Gasteiger charge is 2.44. The van der Waals surface area contributed by atoms with Crippen molar-refractivity contribution in [3.63, 3.8) is 0 Å². The lowest BCUT2D eigenvalue weighted by Gasteiger charge is -2.46. The van der Waals surface area contributed by atoms with Crippen LogP contribution in [0.1, 0.15) is 19.8 Å². The second-order valence-corrected chi connectivity index (χ2v) is 10.4. The standard InChI is InChI=1S/C24H26N2O5S/c1-2-25-17-24(31-16-23(25)27)10-12-26(13-11-24)32(28,29)21-6-3-18(4-7-21)19-5-8-22-20(15-19)9-14-30-22/h3-9,14-15H,2,10-13,16-17H2,1H3. The molecule has 1 spiro atoms. The molecule has 0 saturated carbocycles. The lowest BCUT2D eigenvalue weighted by molar-refractivity contribution is -0.169. The van der Waals surface area contributed by atoms with Crippen LogP contribution in [0.4, 0.5) is 0 Å². The Balaban J connectivity index is 1.30. The molecule has 2 fully saturated rings. The molecule has 2 aliphatic rings. The third-order valence-corrected chi connectivity index (χ3v) is 8.54. The van der Waals surface area contributed by atoms with E-state index in [1.165, 1.54) is 4.31 Å². The monoisotopic (exact) mass is 454 g/mol. The number of benzene rings is 2. The first-order chi connectivity index (χ1) is 15.4. The molecule has 5 rings (SSSR count). The molecule has 2 saturated heterocycles. The Morgan fingerprint density at radius 1 is 1.00 bits per heavy atom. The maximum Gasteiger partial charge on any atom is 0.248 e. The van der Waals surface area contributed by atoms with Crippen molar-refractivity contribution in [1.82, 2.24) is 9.21 Å². The molecule has 168 valence electrons. The van der Waals surface area contributed by atoms with Crippen LogP contribution >= 0.6 is 0 Å². The van der Waals surface area contributed by atoms with E-state index in [9.17, 15) is 13.2 Å². The van der Waals surface area contributed by atoms with E-state index < -0.39 is 15.6 Å². The molecule has 3 aromatic rings. The number of nitrogens with zero attached hydrogens (tertiary/aromatic N) is 2. The quantitative estimate of drug-likeness (QED) is 0.603. The Hall–Kier alpha value is -2.68. The molecular weight excluding hydrogens is 428 g/mol. The molecule has 0 N–H and O–H groups in total. The average Bonchev–Trinajstić information content (AvgIpc) is 3.29. The molecule has 1 amide bonds. The second kappa shape index (κ2) is 8.03. The number of furan rings is 1. The number of carbonyl (C=O) groups excluding carboxylic acids is 1. The molecule has 7 nitrogen and oxygen atoms in total. The van der Waals surface area contributed by atoms with E-state index in [0.29, 0.717) is 39.0 Å². The first kappa shape index (κ1) is 21.2. The summed E-state index contributed by atoms with van der Waals surface area (Å²) in [6.45, 7) is 3.97. The Morgan fingerprint density at radius 3 is 2.44 bits per heavy atom. The molecule has 0 atom stereocenters. The van der Waals surface area contributed by atoms with Gasteiger partial charge in [0.2, 0.25) is 15.9 Å². The van der Waals surface area contributed by atoms with Gasteiger partial charge in [-0.15, -0.1) is 0 Å². The van der Waals surface area contributed by atoms with Crippen molar-refractivity contribution in [2.75, 3.05) is 32.8 Å². The number of piperidine rings is 1. The fraction of sp³-hybridized carbons (Fsp3) is 0.375. The first-order valence-electron chi connectivity index (χ1n) is 10.9. The van der Waals surface area contributed by atoms with Crippen molar-refractivity contribution in [2.45, 2.75) is 30.3 Å². The van der Waals surface area contributed by atoms with E-state index >= 15 is 0 Å². The van der Waals surface area contributed by atoms with E-state index in [1.54, 1.807) is 23.3 Å². The van der Waals surface area contributed by atoms with Gasteiger partial charge in [0, 0.05) is 31.6 Å². The van der Waals surface area contributed by atoms with Crippen LogP contribution < -0.4 is 0 Å². The summed E-state index contributed by atoms with van der Waals surface area (Å²) in [6, 6.07) is 14.8. The van der Waals surface area contributed by atoms with Crippen LogP contribution in [0.5, 0.6) is 0 Å². The second-order valence-electron chi connectivity index (χ2n) is 8.48. The normalized spacial score (nSPS) is 19.7. The third-order valence-electron chi connectivity index (χ3n) is 6.63. The van der Waals surface area contributed by atoms with E-state index in [4.69, 9.17) is 9.15 Å². The maximum atomic E-state index is 13.2. The topological polar surface area (TPSA) is 80.1 Å². The molecule has 0 bridgehead atoms. The summed E-state index contributed by atoms with van der Waals surface area (Å²) in [5.41, 5.74) is 2.34. The van der Waals surface area contributed by atoms with Gasteiger partial charge in [-0.2, -0.15) is 4.31 Å². The maximum absolute atomic E-state index is 13.2. The largest absolute Gasteiger partial charge is 0.464 e. The number of morpholine rings is 1. The minimum absolute atomic E-state index is 0.000171. The van der Waals surface area contributed by atoms with Crippen LogP contribution in [0.2, 0.25) is 0 Å². The number of sulfonamides is 1. The van der Waals surface area contributed by atoms with Gasteiger partial charge in [0.25, 0.3) is 0 Å². The number of hydrogen-bond donors (Lipinski definition) is 0. The van der Waals surface area contributed by atoms with Gasteiger partial charge in [0.05, 0.1) is 16.8 Å². The van der Waals surface area contributed by atoms with Gasteiger partial charge in [-0.3, -0.25) is 4.79 Å². The van der Waals surface area contributed by atoms with Gasteiger partial charge in [-0.1, -0.05) is 18.2 Å². The van der Waals surface area contributed by atoms with E-state index in [1.807, 2.05) is 43.3 Å². The van der Waals surface area contributed by atoms with Crippen molar-refractivity contribution in [1.29, 1.82) is 0 Å². The number of amides is 1. The number of carbonyl (C=O) groups is 1. The molecule has 2 aliphatic heterocycles. The molecule has 0 radical (unpaired) electrons. The molecule has 3 heterocycles. The number of hydrogen-bond acceptors (Lipinski definition) is 5. The van der Waals surface area contributed by atoms with Crippen LogP contribution in [-0.2, 0) is 19.6 Å². The zero-order valence-corrected chi connectivity index (χ0v) is 18.8. The van der Waals surface area contributed by atoms with Crippen LogP contribution in [0, 0.1) is 0 Å². The lowest BCUT2D eigenvalue weighted by Crippen LogP contribution is -2.59. The number of rotatable bonds is 4. The van der Waals surface area contributed by atoms with Crippen molar-refractivity contribution in [2.24, 2.45) is 0 Å². The molecule has 32 heavy (non-hydrogen) atoms. The Bertz CT molecular complexity index is 1240. The average molecular weight is 455 g/mol. The van der Waals surface area contributed by atoms with Crippen LogP contribution in [0.15, 0.2) is 64.1 Å². The summed E-state index contributed by atoms with van der Waals surface area (Å²) in [7, 11) is -3.59. The number of ether oxygens (including phenoxy) is 1. The van der Waals surface area contributed by atoms with Gasteiger partial charge in [-0.05, 0) is 61.2 Å². The van der Waals surface area contributed by atoms with E-state index in [-0.39, 0.29) is 17.4 Å². The molecule has 0 unspecified atom stereocenters. The predicted octanol–water partition coefficient (Wildman–Crippen LogP) is 3.50. The highest BCUT2D eigenvalue weighted by molar-refractivity contribution is 7.89. The SMILES string of the molecule is CCN1CC2(CCN(S(=O)(=O)c3ccc(-c4ccc5occc5c4)cc3)CC2)OCC1=O. The van der Waals surface area contributed by atoms with Crippen LogP contribution in [0.3, 0.4) is 0 Å². The molecule has 2 aromatic carbocycles. The van der Waals surface area contributed by atoms with Crippen molar-refractivity contribution in [3.05, 3.63) is 54.8 Å². The zero-order valence-electron chi connectivity index (χ0n) is 18.0. The molecular formula is C24H26N2O5S. The summed E-state index contributed by atoms with van der Waals surface area (Å²) < 4.78 is 39.3. The van der Waals surface area contributed by atoms with Crippen LogP contribution in [-0.4, -0.2) is 61.9 Å². The molecule has 1 aromatic heterocycles. The van der Waals surface area contributed by atoms with Gasteiger partial charge in [0.1, 0.15) is 12.2 Å². The Morgan fingerprint density at radius 2 is 1.72 bits per heavy atom. The van der Waals surface area contributed by atoms with Gasteiger partial charge >= 0.3 is 0 Å². The van der Waals surface area contributed by atoms with Crippen molar-refractivity contribution in [3.8, 4) is 11.1 Å². The van der Waals surface area contributed by atoms with Crippen molar-refractivity contribution < 1.29 is 22.4 Å². The zero-order chi connectivity index (χ0) is 22.3. The smallest absolute Gasteiger partial charge is 0.248 e. The number of likely N-dealkylation sites (N-methyl/N-ethyl adjacent to an activating group) is 1. The minimum Gasteiger partial charge on any atom is -0.464 e. The fourth-order valence-electron chi connectivity index (χ4n) is 4.63. The Labute approximate surface area is 187 Å². The highest BCUT2D eigenvalue weighted by Crippen LogP contribution is 2.33. The molecule has 8 heteroatoms. The predicted molar refractivity (Wildman–Crippen MR) is 121 cm³/mol. The third kappa shape index (κ3) is 3.72. The highest BCUT2D eigenvalue weighted by atomic mass is 32.2. The first-order valence-corrected chi connectivity index (χ1v) is 12.3. The summed E-state index contributed by atoms with van der Waals surface area (Å²) >= 11 is 0. The lowest BCUT2D eigenvalue weighted by atomic mass is 9.90. The summed E-state index contributed by atoms with van der Waals surface area (Å²) in [6.07, 6.45) is 2.82. The molecule has 0 aliphatic carbocycles. The summed E-state index contributed by atoms with van der Waals surface area (Å²) in [5, 5.41) is 1.01. The van der Waals surface area contributed by atoms with E-state index in [2.05, 4.69) is 0 Å². The van der Waals surface area contributed by atoms with Gasteiger partial charge < -0.3 is 14.1 Å². The summed E-state index contributed by atoms with van der Waals surface area (Å²) in [4.78, 5) is 14.0. The van der Waals surface area contributed by atoms with Crippen molar-refractivity contribution >= 4 is 26.9 Å².